The summed E-state index contributed by atoms with van der Waals surface area (Å²) in [5.41, 5.74) is -1.89. The highest BCUT2D eigenvalue weighted by molar-refractivity contribution is 6.22. The number of alkyl halides is 5. The molecule has 0 saturated heterocycles. The SMILES string of the molecule is CC(CCl)(CCl)NC(=O)c1ccc(C(F)(F)F)cn1. The number of carbonyl (C=O) groups excluding carboxylic acids is 1. The van der Waals surface area contributed by atoms with Crippen LogP contribution >= 0.6 is 23.2 Å². The van der Waals surface area contributed by atoms with Gasteiger partial charge in [-0.15, -0.1) is 23.2 Å². The van der Waals surface area contributed by atoms with E-state index in [9.17, 15) is 18.0 Å². The number of amides is 1. The van der Waals surface area contributed by atoms with Crippen LogP contribution in [0.1, 0.15) is 23.0 Å². The Morgan fingerprint density at radius 1 is 1.32 bits per heavy atom. The number of halogens is 5. The van der Waals surface area contributed by atoms with Crippen LogP contribution in [0.2, 0.25) is 0 Å². The highest BCUT2D eigenvalue weighted by Crippen LogP contribution is 2.28. The summed E-state index contributed by atoms with van der Waals surface area (Å²) in [5.74, 6) is -0.483. The van der Waals surface area contributed by atoms with Gasteiger partial charge in [0, 0.05) is 18.0 Å². The zero-order valence-electron chi connectivity index (χ0n) is 9.89. The van der Waals surface area contributed by atoms with Crippen LogP contribution in [-0.2, 0) is 6.18 Å². The number of nitrogens with one attached hydrogen (secondary N) is 1. The maximum Gasteiger partial charge on any atom is 0.417 e. The monoisotopic (exact) mass is 314 g/mol. The van der Waals surface area contributed by atoms with Crippen molar-refractivity contribution in [3.05, 3.63) is 29.6 Å². The predicted molar refractivity (Wildman–Crippen MR) is 66.6 cm³/mol. The molecule has 0 atom stereocenters. The molecule has 0 spiro atoms. The summed E-state index contributed by atoms with van der Waals surface area (Å²) in [6, 6.07) is 1.79. The summed E-state index contributed by atoms with van der Waals surface area (Å²) in [4.78, 5) is 15.2. The van der Waals surface area contributed by atoms with E-state index in [0.717, 1.165) is 12.1 Å². The molecule has 0 aromatic carbocycles. The molecular weight excluding hydrogens is 304 g/mol. The van der Waals surface area contributed by atoms with E-state index in [-0.39, 0.29) is 17.5 Å². The van der Waals surface area contributed by atoms with E-state index in [0.29, 0.717) is 6.20 Å². The minimum absolute atomic E-state index is 0.0723. The lowest BCUT2D eigenvalue weighted by atomic mass is 10.1. The topological polar surface area (TPSA) is 42.0 Å². The summed E-state index contributed by atoms with van der Waals surface area (Å²) in [7, 11) is 0. The number of pyridine rings is 1. The first kappa shape index (κ1) is 16.0. The van der Waals surface area contributed by atoms with Gasteiger partial charge in [0.1, 0.15) is 5.69 Å². The van der Waals surface area contributed by atoms with Gasteiger partial charge in [-0.3, -0.25) is 9.78 Å². The van der Waals surface area contributed by atoms with E-state index in [2.05, 4.69) is 10.3 Å². The lowest BCUT2D eigenvalue weighted by Gasteiger charge is -2.25. The number of nitrogens with zero attached hydrogens (tertiary/aromatic N) is 1. The molecule has 0 saturated carbocycles. The second-order valence-corrected chi connectivity index (χ2v) is 4.75. The summed E-state index contributed by atoms with van der Waals surface area (Å²) in [6.45, 7) is 1.62. The number of aromatic nitrogens is 1. The zero-order valence-corrected chi connectivity index (χ0v) is 11.4. The Hall–Kier alpha value is -1.01. The Bertz CT molecular complexity index is 444. The minimum atomic E-state index is -4.48. The van der Waals surface area contributed by atoms with Gasteiger partial charge in [0.2, 0.25) is 0 Å². The molecule has 0 aliphatic heterocycles. The molecule has 1 aromatic rings. The highest BCUT2D eigenvalue weighted by Gasteiger charge is 2.31. The molecule has 106 valence electrons. The fraction of sp³-hybridized carbons (Fsp3) is 0.455. The van der Waals surface area contributed by atoms with Crippen LogP contribution in [0.3, 0.4) is 0 Å². The first-order valence-electron chi connectivity index (χ1n) is 5.19. The Balaban J connectivity index is 2.85. The lowest BCUT2D eigenvalue weighted by molar-refractivity contribution is -0.137. The molecule has 1 heterocycles. The molecule has 0 bridgehead atoms. The standard InChI is InChI=1S/C11H11Cl2F3N2O/c1-10(5-12,6-13)18-9(19)8-3-2-7(4-17-8)11(14,15)16/h2-4H,5-6H2,1H3,(H,18,19). The fourth-order valence-corrected chi connectivity index (χ4v) is 1.56. The van der Waals surface area contributed by atoms with Crippen LogP contribution in [0.25, 0.3) is 0 Å². The lowest BCUT2D eigenvalue weighted by Crippen LogP contribution is -2.49. The van der Waals surface area contributed by atoms with Crippen LogP contribution < -0.4 is 5.32 Å². The summed E-state index contributed by atoms with van der Waals surface area (Å²) >= 11 is 11.3. The normalized spacial score (nSPS) is 12.3. The van der Waals surface area contributed by atoms with Crippen LogP contribution in [0.5, 0.6) is 0 Å². The molecular formula is C11H11Cl2F3N2O. The number of rotatable bonds is 4. The van der Waals surface area contributed by atoms with Gasteiger partial charge in [-0.2, -0.15) is 13.2 Å². The van der Waals surface area contributed by atoms with Gasteiger partial charge in [0.05, 0.1) is 11.1 Å². The van der Waals surface area contributed by atoms with Crippen LogP contribution in [0, 0.1) is 0 Å². The molecule has 0 radical (unpaired) electrons. The first-order chi connectivity index (χ1) is 8.72. The third-order valence-electron chi connectivity index (χ3n) is 2.33. The highest BCUT2D eigenvalue weighted by atomic mass is 35.5. The van der Waals surface area contributed by atoms with Gasteiger partial charge in [-0.25, -0.2) is 0 Å². The predicted octanol–water partition coefficient (Wildman–Crippen LogP) is 3.07. The zero-order chi connectivity index (χ0) is 14.7. The van der Waals surface area contributed by atoms with Crippen molar-refractivity contribution in [3.63, 3.8) is 0 Å². The summed E-state index contributed by atoms with van der Waals surface area (Å²) < 4.78 is 37.0. The molecule has 0 fully saturated rings. The van der Waals surface area contributed by atoms with Crippen molar-refractivity contribution in [3.8, 4) is 0 Å². The van der Waals surface area contributed by atoms with E-state index in [4.69, 9.17) is 23.2 Å². The summed E-state index contributed by atoms with van der Waals surface area (Å²) in [6.07, 6.45) is -3.88. The fourth-order valence-electron chi connectivity index (χ4n) is 1.14. The average molecular weight is 315 g/mol. The molecule has 1 aromatic heterocycles. The molecule has 19 heavy (non-hydrogen) atoms. The van der Waals surface area contributed by atoms with E-state index in [1.165, 1.54) is 0 Å². The van der Waals surface area contributed by atoms with Crippen molar-refractivity contribution in [1.82, 2.24) is 10.3 Å². The van der Waals surface area contributed by atoms with E-state index >= 15 is 0 Å². The molecule has 1 N–H and O–H groups in total. The Morgan fingerprint density at radius 3 is 2.26 bits per heavy atom. The van der Waals surface area contributed by atoms with Crippen LogP contribution in [-0.4, -0.2) is 28.2 Å². The largest absolute Gasteiger partial charge is 0.417 e. The van der Waals surface area contributed by atoms with Crippen molar-refractivity contribution in [2.45, 2.75) is 18.6 Å². The number of carbonyl (C=O) groups is 1. The Labute approximate surface area is 118 Å². The van der Waals surface area contributed by atoms with Crippen LogP contribution in [0.15, 0.2) is 18.3 Å². The first-order valence-corrected chi connectivity index (χ1v) is 6.26. The summed E-state index contributed by atoms with van der Waals surface area (Å²) in [5, 5.41) is 2.52. The van der Waals surface area contributed by atoms with E-state index < -0.39 is 23.2 Å². The van der Waals surface area contributed by atoms with Gasteiger partial charge >= 0.3 is 6.18 Å². The maximum atomic E-state index is 12.3. The molecule has 0 unspecified atom stereocenters. The van der Waals surface area contributed by atoms with E-state index in [1.807, 2.05) is 0 Å². The Morgan fingerprint density at radius 2 is 1.89 bits per heavy atom. The molecule has 1 amide bonds. The van der Waals surface area contributed by atoms with Crippen LogP contribution in [0.4, 0.5) is 13.2 Å². The number of hydrogen-bond donors (Lipinski definition) is 1. The number of hydrogen-bond acceptors (Lipinski definition) is 2. The molecule has 0 aliphatic rings. The second-order valence-electron chi connectivity index (χ2n) is 4.21. The average Bonchev–Trinajstić information content (AvgIpc) is 2.37. The Kier molecular flexibility index (Phi) is 5.04. The molecule has 8 heteroatoms. The van der Waals surface area contributed by atoms with Crippen molar-refractivity contribution < 1.29 is 18.0 Å². The smallest absolute Gasteiger partial charge is 0.343 e. The second kappa shape index (κ2) is 5.96. The minimum Gasteiger partial charge on any atom is -0.343 e. The van der Waals surface area contributed by atoms with E-state index in [1.54, 1.807) is 6.92 Å². The van der Waals surface area contributed by atoms with Gasteiger partial charge in [0.25, 0.3) is 5.91 Å². The third-order valence-corrected chi connectivity index (χ3v) is 3.51. The maximum absolute atomic E-state index is 12.3. The van der Waals surface area contributed by atoms with Crippen molar-refractivity contribution in [2.75, 3.05) is 11.8 Å². The van der Waals surface area contributed by atoms with Crippen molar-refractivity contribution >= 4 is 29.1 Å². The van der Waals surface area contributed by atoms with Gasteiger partial charge in [0.15, 0.2) is 0 Å². The van der Waals surface area contributed by atoms with Crippen molar-refractivity contribution in [2.24, 2.45) is 0 Å². The third kappa shape index (κ3) is 4.24. The molecule has 1 rings (SSSR count). The van der Waals surface area contributed by atoms with Gasteiger partial charge in [-0.1, -0.05) is 0 Å². The van der Waals surface area contributed by atoms with Gasteiger partial charge in [-0.05, 0) is 19.1 Å². The molecule has 0 aliphatic carbocycles. The van der Waals surface area contributed by atoms with Crippen molar-refractivity contribution in [1.29, 1.82) is 0 Å². The van der Waals surface area contributed by atoms with Gasteiger partial charge < -0.3 is 5.32 Å². The quantitative estimate of drug-likeness (QED) is 0.868. The molecule has 3 nitrogen and oxygen atoms in total.